The number of esters is 1. The highest BCUT2D eigenvalue weighted by molar-refractivity contribution is 7.89. The number of benzene rings is 1. The number of carbonyl (C=O) groups excluding carboxylic acids is 1. The molecular weight excluding hydrogens is 270 g/mol. The fourth-order valence-electron chi connectivity index (χ4n) is 1.38. The zero-order valence-corrected chi connectivity index (χ0v) is 11.4. The van der Waals surface area contributed by atoms with Crippen molar-refractivity contribution in [3.8, 4) is 0 Å². The molecule has 0 aliphatic rings. The van der Waals surface area contributed by atoms with E-state index in [-0.39, 0.29) is 18.9 Å². The van der Waals surface area contributed by atoms with Crippen molar-refractivity contribution >= 4 is 27.4 Å². The molecule has 0 aliphatic carbocycles. The lowest BCUT2D eigenvalue weighted by atomic mass is 10.1. The van der Waals surface area contributed by atoms with Crippen LogP contribution in [-0.2, 0) is 14.8 Å². The van der Waals surface area contributed by atoms with Crippen LogP contribution in [0.1, 0.15) is 17.3 Å². The lowest BCUT2D eigenvalue weighted by Gasteiger charge is -2.10. The molecule has 0 aromatic heterocycles. The highest BCUT2D eigenvalue weighted by atomic mass is 32.2. The minimum Gasteiger partial charge on any atom is -0.462 e. The molecule has 106 valence electrons. The van der Waals surface area contributed by atoms with Gasteiger partial charge in [-0.3, -0.25) is 0 Å². The number of primary sulfonamides is 1. The number of ether oxygens (including phenoxy) is 1. The largest absolute Gasteiger partial charge is 0.462 e. The van der Waals surface area contributed by atoms with Gasteiger partial charge < -0.3 is 15.8 Å². The van der Waals surface area contributed by atoms with Crippen molar-refractivity contribution in [2.75, 3.05) is 30.0 Å². The number of carbonyl (C=O) groups is 1. The van der Waals surface area contributed by atoms with Crippen LogP contribution in [0.4, 0.5) is 11.4 Å². The van der Waals surface area contributed by atoms with Crippen LogP contribution in [-0.4, -0.2) is 33.3 Å². The molecule has 0 atom stereocenters. The van der Waals surface area contributed by atoms with Crippen molar-refractivity contribution in [3.63, 3.8) is 0 Å². The first kappa shape index (κ1) is 15.3. The minimum atomic E-state index is -3.54. The molecule has 19 heavy (non-hydrogen) atoms. The van der Waals surface area contributed by atoms with Crippen molar-refractivity contribution in [3.05, 3.63) is 23.8 Å². The zero-order valence-electron chi connectivity index (χ0n) is 10.5. The molecule has 1 aromatic carbocycles. The average molecular weight is 287 g/mol. The standard InChI is InChI=1S/C11H17N3O4S/c1-2-18-11(15)8-3-4-9(12)10(7-8)14-5-6-19(13,16)17/h3-4,7,14H,2,5-6,12H2,1H3,(H2,13,16,17). The second-order valence-corrected chi connectivity index (χ2v) is 5.55. The average Bonchev–Trinajstić information content (AvgIpc) is 2.30. The molecule has 0 amide bonds. The van der Waals surface area contributed by atoms with Gasteiger partial charge in [-0.15, -0.1) is 0 Å². The van der Waals surface area contributed by atoms with Gasteiger partial charge in [0.2, 0.25) is 10.0 Å². The molecule has 0 aliphatic heterocycles. The van der Waals surface area contributed by atoms with E-state index in [0.29, 0.717) is 16.9 Å². The topological polar surface area (TPSA) is 125 Å². The summed E-state index contributed by atoms with van der Waals surface area (Å²) in [6.45, 7) is 2.09. The number of hydrogen-bond acceptors (Lipinski definition) is 6. The smallest absolute Gasteiger partial charge is 0.338 e. The van der Waals surface area contributed by atoms with E-state index in [1.807, 2.05) is 0 Å². The van der Waals surface area contributed by atoms with Crippen LogP contribution in [0.2, 0.25) is 0 Å². The number of anilines is 2. The molecule has 5 N–H and O–H groups in total. The van der Waals surface area contributed by atoms with Gasteiger partial charge in [0.1, 0.15) is 0 Å². The number of nitrogen functional groups attached to an aromatic ring is 1. The summed E-state index contributed by atoms with van der Waals surface area (Å²) in [7, 11) is -3.54. The Hall–Kier alpha value is -1.80. The molecule has 0 unspecified atom stereocenters. The second kappa shape index (κ2) is 6.39. The Balaban J connectivity index is 2.77. The summed E-state index contributed by atoms with van der Waals surface area (Å²) in [5.41, 5.74) is 6.93. The first-order valence-corrected chi connectivity index (χ1v) is 7.36. The molecule has 0 bridgehead atoms. The summed E-state index contributed by atoms with van der Waals surface area (Å²) in [6.07, 6.45) is 0. The van der Waals surface area contributed by atoms with E-state index in [4.69, 9.17) is 15.6 Å². The lowest BCUT2D eigenvalue weighted by molar-refractivity contribution is 0.0526. The summed E-state index contributed by atoms with van der Waals surface area (Å²) >= 11 is 0. The van der Waals surface area contributed by atoms with Gasteiger partial charge in [-0.2, -0.15) is 0 Å². The van der Waals surface area contributed by atoms with Crippen LogP contribution in [0, 0.1) is 0 Å². The van der Waals surface area contributed by atoms with Gasteiger partial charge in [0.15, 0.2) is 0 Å². The van der Waals surface area contributed by atoms with Crippen LogP contribution in [0.3, 0.4) is 0 Å². The Morgan fingerprint density at radius 3 is 2.68 bits per heavy atom. The number of nitrogens with two attached hydrogens (primary N) is 2. The molecule has 0 fully saturated rings. The molecule has 0 spiro atoms. The zero-order chi connectivity index (χ0) is 14.5. The summed E-state index contributed by atoms with van der Waals surface area (Å²) < 4.78 is 26.5. The number of rotatable bonds is 6. The van der Waals surface area contributed by atoms with Crippen LogP contribution < -0.4 is 16.2 Å². The summed E-state index contributed by atoms with van der Waals surface area (Å²) in [5, 5.41) is 7.70. The maximum absolute atomic E-state index is 11.5. The van der Waals surface area contributed by atoms with Crippen molar-refractivity contribution in [2.24, 2.45) is 5.14 Å². The van der Waals surface area contributed by atoms with E-state index in [1.165, 1.54) is 12.1 Å². The first-order chi connectivity index (χ1) is 8.83. The van der Waals surface area contributed by atoms with Crippen molar-refractivity contribution in [1.82, 2.24) is 0 Å². The van der Waals surface area contributed by atoms with Gasteiger partial charge in [0, 0.05) is 6.54 Å². The Bertz CT molecular complexity index is 557. The van der Waals surface area contributed by atoms with Gasteiger partial charge in [0.05, 0.1) is 29.3 Å². The van der Waals surface area contributed by atoms with Crippen molar-refractivity contribution in [1.29, 1.82) is 0 Å². The van der Waals surface area contributed by atoms with E-state index in [9.17, 15) is 13.2 Å². The summed E-state index contributed by atoms with van der Waals surface area (Å²) in [5.74, 6) is -0.687. The number of nitrogens with one attached hydrogen (secondary N) is 1. The highest BCUT2D eigenvalue weighted by Gasteiger charge is 2.09. The minimum absolute atomic E-state index is 0.106. The molecular formula is C11H17N3O4S. The summed E-state index contributed by atoms with van der Waals surface area (Å²) in [6, 6.07) is 4.60. The van der Waals surface area contributed by atoms with Crippen LogP contribution in [0.25, 0.3) is 0 Å². The molecule has 0 saturated heterocycles. The van der Waals surface area contributed by atoms with Crippen LogP contribution >= 0.6 is 0 Å². The number of hydrogen-bond donors (Lipinski definition) is 3. The molecule has 8 heteroatoms. The molecule has 1 aromatic rings. The maximum atomic E-state index is 11.5. The molecule has 7 nitrogen and oxygen atoms in total. The van der Waals surface area contributed by atoms with Gasteiger partial charge >= 0.3 is 5.97 Å². The normalized spacial score (nSPS) is 11.1. The monoisotopic (exact) mass is 287 g/mol. The fraction of sp³-hybridized carbons (Fsp3) is 0.364. The first-order valence-electron chi connectivity index (χ1n) is 5.64. The van der Waals surface area contributed by atoms with Crippen LogP contribution in [0.5, 0.6) is 0 Å². The van der Waals surface area contributed by atoms with Crippen molar-refractivity contribution in [2.45, 2.75) is 6.92 Å². The van der Waals surface area contributed by atoms with E-state index in [1.54, 1.807) is 13.0 Å². The van der Waals surface area contributed by atoms with Gasteiger partial charge in [-0.1, -0.05) is 0 Å². The predicted octanol–water partition coefficient (Wildman–Crippen LogP) is 0.146. The maximum Gasteiger partial charge on any atom is 0.338 e. The van der Waals surface area contributed by atoms with Gasteiger partial charge in [-0.05, 0) is 25.1 Å². The van der Waals surface area contributed by atoms with E-state index >= 15 is 0 Å². The van der Waals surface area contributed by atoms with Crippen LogP contribution in [0.15, 0.2) is 18.2 Å². The SMILES string of the molecule is CCOC(=O)c1ccc(N)c(NCCS(N)(=O)=O)c1. The highest BCUT2D eigenvalue weighted by Crippen LogP contribution is 2.20. The molecule has 1 rings (SSSR count). The van der Waals surface area contributed by atoms with Gasteiger partial charge in [0.25, 0.3) is 0 Å². The molecule has 0 radical (unpaired) electrons. The van der Waals surface area contributed by atoms with E-state index in [0.717, 1.165) is 0 Å². The lowest BCUT2D eigenvalue weighted by Crippen LogP contribution is -2.22. The van der Waals surface area contributed by atoms with Gasteiger partial charge in [-0.25, -0.2) is 18.4 Å². The summed E-state index contributed by atoms with van der Waals surface area (Å²) in [4.78, 5) is 11.5. The third kappa shape index (κ3) is 5.14. The molecule has 0 saturated carbocycles. The Kier molecular flexibility index (Phi) is 5.13. The predicted molar refractivity (Wildman–Crippen MR) is 73.3 cm³/mol. The third-order valence-corrected chi connectivity index (χ3v) is 3.04. The Morgan fingerprint density at radius 1 is 1.42 bits per heavy atom. The fourth-order valence-corrected chi connectivity index (χ4v) is 1.77. The van der Waals surface area contributed by atoms with E-state index in [2.05, 4.69) is 5.32 Å². The third-order valence-electron chi connectivity index (χ3n) is 2.27. The quantitative estimate of drug-likeness (QED) is 0.505. The Morgan fingerprint density at radius 2 is 2.11 bits per heavy atom. The Labute approximate surface area is 112 Å². The second-order valence-electron chi connectivity index (χ2n) is 3.82. The van der Waals surface area contributed by atoms with Crippen molar-refractivity contribution < 1.29 is 17.9 Å². The van der Waals surface area contributed by atoms with E-state index < -0.39 is 16.0 Å². The number of sulfonamides is 1. The molecule has 0 heterocycles.